The Balaban J connectivity index is 1.51. The van der Waals surface area contributed by atoms with Crippen molar-refractivity contribution < 1.29 is 0 Å². The summed E-state index contributed by atoms with van der Waals surface area (Å²) in [5.41, 5.74) is 2.37. The van der Waals surface area contributed by atoms with Gasteiger partial charge in [0.25, 0.3) is 0 Å². The summed E-state index contributed by atoms with van der Waals surface area (Å²) in [6.45, 7) is 6.00. The summed E-state index contributed by atoms with van der Waals surface area (Å²) in [6, 6.07) is 8.92. The number of nitrogens with zero attached hydrogens (tertiary/aromatic N) is 3. The van der Waals surface area contributed by atoms with Crippen LogP contribution in [0.25, 0.3) is 10.9 Å². The van der Waals surface area contributed by atoms with Crippen molar-refractivity contribution in [2.45, 2.75) is 44.7 Å². The van der Waals surface area contributed by atoms with Gasteiger partial charge in [-0.05, 0) is 69.1 Å². The molecule has 128 valence electrons. The lowest BCUT2D eigenvalue weighted by Crippen LogP contribution is -2.42. The van der Waals surface area contributed by atoms with Crippen LogP contribution in [0.15, 0.2) is 30.5 Å². The van der Waals surface area contributed by atoms with Crippen LogP contribution < -0.4 is 0 Å². The quantitative estimate of drug-likeness (QED) is 0.823. The second-order valence-electron chi connectivity index (χ2n) is 7.23. The molecule has 2 fully saturated rings. The number of benzene rings is 1. The molecule has 3 nitrogen and oxygen atoms in total. The van der Waals surface area contributed by atoms with E-state index >= 15 is 0 Å². The lowest BCUT2D eigenvalue weighted by atomic mass is 10.1. The third kappa shape index (κ3) is 3.44. The molecule has 3 heterocycles. The van der Waals surface area contributed by atoms with Crippen molar-refractivity contribution in [1.82, 2.24) is 14.8 Å². The number of piperidine rings is 1. The third-order valence-electron chi connectivity index (χ3n) is 5.59. The Morgan fingerprint density at radius 3 is 2.79 bits per heavy atom. The molecule has 0 bridgehead atoms. The van der Waals surface area contributed by atoms with Crippen LogP contribution in [0.5, 0.6) is 0 Å². The average Bonchev–Trinajstić information content (AvgIpc) is 3.05. The molecule has 24 heavy (non-hydrogen) atoms. The number of likely N-dealkylation sites (tertiary alicyclic amines) is 2. The Morgan fingerprint density at radius 2 is 1.92 bits per heavy atom. The summed E-state index contributed by atoms with van der Waals surface area (Å²) in [4.78, 5) is 9.93. The molecule has 0 aliphatic carbocycles. The summed E-state index contributed by atoms with van der Waals surface area (Å²) in [5, 5.41) is 1.87. The third-order valence-corrected chi connectivity index (χ3v) is 5.92. The minimum Gasteiger partial charge on any atom is -0.302 e. The van der Waals surface area contributed by atoms with Crippen molar-refractivity contribution in [3.05, 3.63) is 41.0 Å². The largest absolute Gasteiger partial charge is 0.302 e. The first kappa shape index (κ1) is 16.3. The Labute approximate surface area is 149 Å². The first-order valence-corrected chi connectivity index (χ1v) is 9.67. The number of aromatic nitrogens is 1. The standard InChI is InChI=1S/C20H26ClN3/c21-19-9-8-16(20-18(19)7-4-10-22-20)14-24-13-5-6-17(24)15-23-11-2-1-3-12-23/h4,7-10,17H,1-3,5-6,11-15H2. The zero-order valence-corrected chi connectivity index (χ0v) is 15.0. The molecule has 1 unspecified atom stereocenters. The molecule has 2 saturated heterocycles. The molecule has 2 aromatic rings. The molecule has 1 atom stereocenters. The lowest BCUT2D eigenvalue weighted by Gasteiger charge is -2.33. The van der Waals surface area contributed by atoms with E-state index in [4.69, 9.17) is 11.6 Å². The zero-order valence-electron chi connectivity index (χ0n) is 14.3. The van der Waals surface area contributed by atoms with Gasteiger partial charge in [-0.1, -0.05) is 24.1 Å². The SMILES string of the molecule is Clc1ccc(CN2CCCC2CN2CCCCC2)c2ncccc12. The summed E-state index contributed by atoms with van der Waals surface area (Å²) in [5.74, 6) is 0. The predicted molar refractivity (Wildman–Crippen MR) is 100 cm³/mol. The van der Waals surface area contributed by atoms with E-state index < -0.39 is 0 Å². The number of pyridine rings is 1. The first-order valence-electron chi connectivity index (χ1n) is 9.30. The topological polar surface area (TPSA) is 19.4 Å². The van der Waals surface area contributed by atoms with Crippen molar-refractivity contribution in [2.24, 2.45) is 0 Å². The average molecular weight is 344 g/mol. The first-order chi connectivity index (χ1) is 11.8. The van der Waals surface area contributed by atoms with Crippen LogP contribution in [0.1, 0.15) is 37.7 Å². The van der Waals surface area contributed by atoms with Gasteiger partial charge in [0.05, 0.1) is 5.52 Å². The predicted octanol–water partition coefficient (Wildman–Crippen LogP) is 4.34. The van der Waals surface area contributed by atoms with E-state index in [9.17, 15) is 0 Å². The van der Waals surface area contributed by atoms with Crippen LogP contribution in [0.3, 0.4) is 0 Å². The van der Waals surface area contributed by atoms with Gasteiger partial charge >= 0.3 is 0 Å². The van der Waals surface area contributed by atoms with Crippen molar-refractivity contribution in [1.29, 1.82) is 0 Å². The molecule has 0 N–H and O–H groups in total. The fourth-order valence-corrected chi connectivity index (χ4v) is 4.51. The van der Waals surface area contributed by atoms with Gasteiger partial charge in [-0.15, -0.1) is 0 Å². The van der Waals surface area contributed by atoms with Crippen molar-refractivity contribution in [2.75, 3.05) is 26.2 Å². The second-order valence-corrected chi connectivity index (χ2v) is 7.64. The molecule has 0 amide bonds. The Morgan fingerprint density at radius 1 is 1.04 bits per heavy atom. The summed E-state index contributed by atoms with van der Waals surface area (Å²) >= 11 is 6.34. The van der Waals surface area contributed by atoms with Crippen LogP contribution in [-0.2, 0) is 6.54 Å². The molecule has 2 aliphatic heterocycles. The van der Waals surface area contributed by atoms with Crippen LogP contribution in [-0.4, -0.2) is 47.0 Å². The van der Waals surface area contributed by atoms with Crippen molar-refractivity contribution >= 4 is 22.5 Å². The molecule has 2 aliphatic rings. The van der Waals surface area contributed by atoms with Gasteiger partial charge in [-0.3, -0.25) is 9.88 Å². The van der Waals surface area contributed by atoms with E-state index in [2.05, 4.69) is 26.9 Å². The molecular formula is C20H26ClN3. The summed E-state index contributed by atoms with van der Waals surface area (Å²) < 4.78 is 0. The molecule has 1 aromatic carbocycles. The monoisotopic (exact) mass is 343 g/mol. The minimum absolute atomic E-state index is 0.692. The van der Waals surface area contributed by atoms with Crippen LogP contribution in [0.4, 0.5) is 0 Å². The van der Waals surface area contributed by atoms with Crippen LogP contribution >= 0.6 is 11.6 Å². The molecule has 4 rings (SSSR count). The maximum Gasteiger partial charge on any atom is 0.0761 e. The molecule has 0 spiro atoms. The van der Waals surface area contributed by atoms with Crippen LogP contribution in [0.2, 0.25) is 5.02 Å². The minimum atomic E-state index is 0.692. The Kier molecular flexibility index (Phi) is 5.02. The molecule has 4 heteroatoms. The van der Waals surface area contributed by atoms with E-state index in [1.54, 1.807) is 0 Å². The van der Waals surface area contributed by atoms with Gasteiger partial charge in [0.2, 0.25) is 0 Å². The molecule has 0 saturated carbocycles. The molecule has 0 radical (unpaired) electrons. The van der Waals surface area contributed by atoms with Gasteiger partial charge in [0, 0.05) is 35.7 Å². The highest BCUT2D eigenvalue weighted by atomic mass is 35.5. The number of hydrogen-bond donors (Lipinski definition) is 0. The molecule has 1 aromatic heterocycles. The van der Waals surface area contributed by atoms with E-state index in [-0.39, 0.29) is 0 Å². The van der Waals surface area contributed by atoms with Gasteiger partial charge in [0.15, 0.2) is 0 Å². The van der Waals surface area contributed by atoms with E-state index in [1.807, 2.05) is 18.3 Å². The summed E-state index contributed by atoms with van der Waals surface area (Å²) in [6.07, 6.45) is 8.68. The highest BCUT2D eigenvalue weighted by molar-refractivity contribution is 6.35. The van der Waals surface area contributed by atoms with Crippen molar-refractivity contribution in [3.8, 4) is 0 Å². The number of hydrogen-bond acceptors (Lipinski definition) is 3. The van der Waals surface area contributed by atoms with Crippen LogP contribution in [0, 0.1) is 0 Å². The Hall–Kier alpha value is -1.16. The molecular weight excluding hydrogens is 318 g/mol. The highest BCUT2D eigenvalue weighted by Crippen LogP contribution is 2.28. The highest BCUT2D eigenvalue weighted by Gasteiger charge is 2.27. The van der Waals surface area contributed by atoms with Crippen molar-refractivity contribution in [3.63, 3.8) is 0 Å². The number of fused-ring (bicyclic) bond motifs is 1. The smallest absolute Gasteiger partial charge is 0.0761 e. The van der Waals surface area contributed by atoms with E-state index in [0.717, 1.165) is 22.5 Å². The van der Waals surface area contributed by atoms with E-state index in [1.165, 1.54) is 63.8 Å². The number of halogens is 1. The maximum atomic E-state index is 6.34. The Bertz CT molecular complexity index is 696. The second kappa shape index (κ2) is 7.38. The fourth-order valence-electron chi connectivity index (χ4n) is 4.29. The summed E-state index contributed by atoms with van der Waals surface area (Å²) in [7, 11) is 0. The van der Waals surface area contributed by atoms with Gasteiger partial charge in [-0.25, -0.2) is 0 Å². The number of rotatable bonds is 4. The van der Waals surface area contributed by atoms with Gasteiger partial charge in [0.1, 0.15) is 0 Å². The maximum absolute atomic E-state index is 6.34. The zero-order chi connectivity index (χ0) is 16.4. The fraction of sp³-hybridized carbons (Fsp3) is 0.550. The van der Waals surface area contributed by atoms with Gasteiger partial charge in [-0.2, -0.15) is 0 Å². The van der Waals surface area contributed by atoms with Gasteiger partial charge < -0.3 is 4.90 Å². The lowest BCUT2D eigenvalue weighted by molar-refractivity contribution is 0.149. The normalized spacial score (nSPS) is 23.1. The van der Waals surface area contributed by atoms with E-state index in [0.29, 0.717) is 6.04 Å².